The summed E-state index contributed by atoms with van der Waals surface area (Å²) in [6.45, 7) is 2.39. The summed E-state index contributed by atoms with van der Waals surface area (Å²) in [5.41, 5.74) is 8.67. The summed E-state index contributed by atoms with van der Waals surface area (Å²) in [5.74, 6) is 1.15. The van der Waals surface area contributed by atoms with Crippen LogP contribution in [0.5, 0.6) is 5.88 Å². The lowest BCUT2D eigenvalue weighted by atomic mass is 10.1. The molecule has 2 rings (SSSR count). The Balaban J connectivity index is 2.43. The summed E-state index contributed by atoms with van der Waals surface area (Å²) in [7, 11) is 3.52. The van der Waals surface area contributed by atoms with Crippen molar-refractivity contribution >= 4 is 11.6 Å². The second-order valence-corrected chi connectivity index (χ2v) is 4.24. The van der Waals surface area contributed by atoms with E-state index < -0.39 is 0 Å². The Morgan fingerprint density at radius 2 is 2.00 bits per heavy atom. The van der Waals surface area contributed by atoms with E-state index in [1.165, 1.54) is 0 Å². The fraction of sp³-hybridized carbons (Fsp3) is 0.286. The molecule has 2 N–H and O–H groups in total. The second kappa shape index (κ2) is 5.67. The van der Waals surface area contributed by atoms with Crippen molar-refractivity contribution in [3.05, 3.63) is 41.6 Å². The van der Waals surface area contributed by atoms with Crippen LogP contribution in [0.3, 0.4) is 0 Å². The molecule has 1 heterocycles. The zero-order valence-corrected chi connectivity index (χ0v) is 11.4. The fourth-order valence-electron chi connectivity index (χ4n) is 1.90. The molecule has 0 atom stereocenters. The lowest BCUT2D eigenvalue weighted by Gasteiger charge is -2.20. The molecule has 0 radical (unpaired) electrons. The van der Waals surface area contributed by atoms with Gasteiger partial charge in [-0.05, 0) is 18.6 Å². The van der Waals surface area contributed by atoms with Crippen molar-refractivity contribution in [2.75, 3.05) is 19.1 Å². The number of nitrogens with zero attached hydrogens (tertiary/aromatic N) is 3. The monoisotopic (exact) mass is 258 g/mol. The highest BCUT2D eigenvalue weighted by atomic mass is 16.5. The van der Waals surface area contributed by atoms with Crippen molar-refractivity contribution in [2.24, 2.45) is 5.73 Å². The van der Waals surface area contributed by atoms with Gasteiger partial charge in [0, 0.05) is 31.0 Å². The number of para-hydroxylation sites is 1. The largest absolute Gasteiger partial charge is 0.481 e. The lowest BCUT2D eigenvalue weighted by Crippen LogP contribution is -2.16. The Kier molecular flexibility index (Phi) is 3.97. The van der Waals surface area contributed by atoms with E-state index >= 15 is 0 Å². The molecule has 0 fully saturated rings. The van der Waals surface area contributed by atoms with Gasteiger partial charge in [-0.15, -0.1) is 0 Å². The quantitative estimate of drug-likeness (QED) is 0.909. The van der Waals surface area contributed by atoms with Crippen LogP contribution in [0.4, 0.5) is 11.6 Å². The van der Waals surface area contributed by atoms with E-state index in [0.717, 1.165) is 16.9 Å². The van der Waals surface area contributed by atoms with Gasteiger partial charge in [-0.25, -0.2) is 4.98 Å². The Hall–Kier alpha value is -2.14. The first-order chi connectivity index (χ1) is 9.15. The number of hydrogen-bond donors (Lipinski definition) is 1. The van der Waals surface area contributed by atoms with Gasteiger partial charge in [0.05, 0.1) is 7.11 Å². The highest BCUT2D eigenvalue weighted by Crippen LogP contribution is 2.25. The van der Waals surface area contributed by atoms with Crippen molar-refractivity contribution in [1.82, 2.24) is 9.97 Å². The van der Waals surface area contributed by atoms with Crippen LogP contribution >= 0.6 is 0 Å². The number of anilines is 2. The average molecular weight is 258 g/mol. The first kappa shape index (κ1) is 13.3. The zero-order chi connectivity index (χ0) is 13.8. The minimum atomic E-state index is 0.476. The number of methoxy groups -OCH3 is 1. The molecule has 5 nitrogen and oxygen atoms in total. The third kappa shape index (κ3) is 2.82. The van der Waals surface area contributed by atoms with Crippen molar-refractivity contribution < 1.29 is 4.74 Å². The van der Waals surface area contributed by atoms with Gasteiger partial charge in [0.1, 0.15) is 0 Å². The number of ether oxygens (including phenoxy) is 1. The summed E-state index contributed by atoms with van der Waals surface area (Å²) in [6.07, 6.45) is 0. The van der Waals surface area contributed by atoms with E-state index in [1.54, 1.807) is 13.2 Å². The van der Waals surface area contributed by atoms with Crippen LogP contribution in [-0.4, -0.2) is 24.1 Å². The predicted molar refractivity (Wildman–Crippen MR) is 75.7 cm³/mol. The average Bonchev–Trinajstić information content (AvgIpc) is 2.45. The van der Waals surface area contributed by atoms with Crippen molar-refractivity contribution in [3.63, 3.8) is 0 Å². The van der Waals surface area contributed by atoms with Gasteiger partial charge in [0.25, 0.3) is 0 Å². The topological polar surface area (TPSA) is 64.3 Å². The maximum atomic E-state index is 5.76. The van der Waals surface area contributed by atoms with Crippen LogP contribution in [0.1, 0.15) is 11.3 Å². The van der Waals surface area contributed by atoms with Gasteiger partial charge in [-0.3, -0.25) is 0 Å². The molecule has 0 spiro atoms. The van der Waals surface area contributed by atoms with Crippen LogP contribution in [0, 0.1) is 6.92 Å². The van der Waals surface area contributed by atoms with Gasteiger partial charge in [0.2, 0.25) is 11.8 Å². The number of benzene rings is 1. The van der Waals surface area contributed by atoms with Gasteiger partial charge in [0.15, 0.2) is 0 Å². The summed E-state index contributed by atoms with van der Waals surface area (Å²) >= 11 is 0. The molecule has 0 unspecified atom stereocenters. The molecular weight excluding hydrogens is 240 g/mol. The van der Waals surface area contributed by atoms with Gasteiger partial charge in [-0.2, -0.15) is 4.98 Å². The minimum Gasteiger partial charge on any atom is -0.481 e. The minimum absolute atomic E-state index is 0.476. The summed E-state index contributed by atoms with van der Waals surface area (Å²) in [6, 6.07) is 9.74. The van der Waals surface area contributed by atoms with Gasteiger partial charge in [-0.1, -0.05) is 18.2 Å². The van der Waals surface area contributed by atoms with E-state index in [4.69, 9.17) is 10.5 Å². The van der Waals surface area contributed by atoms with Crippen LogP contribution < -0.4 is 15.4 Å². The van der Waals surface area contributed by atoms with Crippen LogP contribution in [-0.2, 0) is 6.54 Å². The molecule has 0 aliphatic heterocycles. The summed E-state index contributed by atoms with van der Waals surface area (Å²) in [5, 5.41) is 0. The number of nitrogens with two attached hydrogens (primary N) is 1. The number of aryl methyl sites for hydroxylation is 1. The number of rotatable bonds is 4. The van der Waals surface area contributed by atoms with Gasteiger partial charge < -0.3 is 15.4 Å². The third-order valence-corrected chi connectivity index (χ3v) is 2.90. The van der Waals surface area contributed by atoms with Crippen LogP contribution in [0.15, 0.2) is 30.3 Å². The highest BCUT2D eigenvalue weighted by molar-refractivity contribution is 5.61. The van der Waals surface area contributed by atoms with E-state index in [-0.39, 0.29) is 0 Å². The molecule has 0 amide bonds. The molecular formula is C14H18N4O. The predicted octanol–water partition coefficient (Wildman–Crippen LogP) is 2.02. The molecule has 0 saturated carbocycles. The second-order valence-electron chi connectivity index (χ2n) is 4.24. The van der Waals surface area contributed by atoms with Crippen molar-refractivity contribution in [3.8, 4) is 5.88 Å². The SMILES string of the molecule is COc1cc(C)nc(N(C)c2ccccc2CN)n1. The Labute approximate surface area is 113 Å². The van der Waals surface area contributed by atoms with E-state index in [0.29, 0.717) is 18.4 Å². The van der Waals surface area contributed by atoms with Crippen molar-refractivity contribution in [1.29, 1.82) is 0 Å². The van der Waals surface area contributed by atoms with E-state index in [2.05, 4.69) is 9.97 Å². The van der Waals surface area contributed by atoms with Gasteiger partial charge >= 0.3 is 0 Å². The molecule has 0 aliphatic carbocycles. The maximum Gasteiger partial charge on any atom is 0.233 e. The van der Waals surface area contributed by atoms with Crippen LogP contribution in [0.2, 0.25) is 0 Å². The molecule has 0 bridgehead atoms. The maximum absolute atomic E-state index is 5.76. The summed E-state index contributed by atoms with van der Waals surface area (Å²) < 4.78 is 5.18. The molecule has 5 heteroatoms. The van der Waals surface area contributed by atoms with E-state index in [9.17, 15) is 0 Å². The smallest absolute Gasteiger partial charge is 0.233 e. The summed E-state index contributed by atoms with van der Waals surface area (Å²) in [4.78, 5) is 10.7. The Morgan fingerprint density at radius 3 is 2.68 bits per heavy atom. The van der Waals surface area contributed by atoms with E-state index in [1.807, 2.05) is 43.1 Å². The zero-order valence-electron chi connectivity index (χ0n) is 11.4. The lowest BCUT2D eigenvalue weighted by molar-refractivity contribution is 0.396. The Bertz CT molecular complexity index is 571. The standard InChI is InChI=1S/C14H18N4O/c1-10-8-13(19-3)17-14(16-10)18(2)12-7-5-4-6-11(12)9-15/h4-8H,9,15H2,1-3H3. The first-order valence-corrected chi connectivity index (χ1v) is 6.07. The van der Waals surface area contributed by atoms with Crippen LogP contribution in [0.25, 0.3) is 0 Å². The number of hydrogen-bond acceptors (Lipinski definition) is 5. The molecule has 2 aromatic rings. The molecule has 19 heavy (non-hydrogen) atoms. The first-order valence-electron chi connectivity index (χ1n) is 6.07. The molecule has 0 saturated heterocycles. The molecule has 0 aliphatic rings. The molecule has 1 aromatic heterocycles. The highest BCUT2D eigenvalue weighted by Gasteiger charge is 2.12. The van der Waals surface area contributed by atoms with Crippen molar-refractivity contribution in [2.45, 2.75) is 13.5 Å². The third-order valence-electron chi connectivity index (χ3n) is 2.90. The number of aromatic nitrogens is 2. The normalized spacial score (nSPS) is 10.3. The Morgan fingerprint density at radius 1 is 1.26 bits per heavy atom. The fourth-order valence-corrected chi connectivity index (χ4v) is 1.90. The molecule has 1 aromatic carbocycles. The molecule has 100 valence electrons.